The maximum atomic E-state index is 12.5. The van der Waals surface area contributed by atoms with Gasteiger partial charge in [0.1, 0.15) is 0 Å². The molecule has 0 radical (unpaired) electrons. The van der Waals surface area contributed by atoms with Crippen LogP contribution in [0.5, 0.6) is 0 Å². The minimum Gasteiger partial charge on any atom is -0.393 e. The Bertz CT molecular complexity index is 1050. The number of H-pyrrole nitrogens is 1. The molecule has 1 heterocycles. The highest BCUT2D eigenvalue weighted by molar-refractivity contribution is 5.75. The van der Waals surface area contributed by atoms with Crippen LogP contribution >= 0.6 is 0 Å². The largest absolute Gasteiger partial charge is 0.393 e. The molecule has 34 heavy (non-hydrogen) atoms. The molecule has 0 bridgehead atoms. The number of amides is 1. The topological polar surface area (TPSA) is 124 Å². The summed E-state index contributed by atoms with van der Waals surface area (Å²) < 4.78 is 1.12. The molecular weight excluding hydrogens is 434 g/mol. The molecule has 1 aromatic heterocycles. The van der Waals surface area contributed by atoms with E-state index in [-0.39, 0.29) is 36.3 Å². The van der Waals surface area contributed by atoms with Crippen molar-refractivity contribution in [1.82, 2.24) is 15.1 Å². The summed E-state index contributed by atoms with van der Waals surface area (Å²) in [5, 5.41) is 27.5. The molecule has 0 saturated heterocycles. The Kier molecular flexibility index (Phi) is 8.85. The Labute approximate surface area is 200 Å². The van der Waals surface area contributed by atoms with Crippen LogP contribution in [0.15, 0.2) is 52.1 Å². The molecule has 1 saturated carbocycles. The second-order valence-corrected chi connectivity index (χ2v) is 10.0. The lowest BCUT2D eigenvalue weighted by Gasteiger charge is -2.38. The van der Waals surface area contributed by atoms with Gasteiger partial charge in [-0.15, -0.1) is 0 Å². The van der Waals surface area contributed by atoms with Crippen LogP contribution in [0.2, 0.25) is 0 Å². The van der Waals surface area contributed by atoms with Crippen molar-refractivity contribution in [2.45, 2.75) is 76.5 Å². The fraction of sp³-hybridized carbons (Fsp3) is 0.577. The second-order valence-electron chi connectivity index (χ2n) is 10.0. The van der Waals surface area contributed by atoms with Gasteiger partial charge in [0.25, 0.3) is 11.1 Å². The number of hydrogen-bond acceptors (Lipinski definition) is 5. The van der Waals surface area contributed by atoms with Crippen molar-refractivity contribution in [1.29, 1.82) is 0 Å². The lowest BCUT2D eigenvalue weighted by molar-refractivity contribution is -0.122. The van der Waals surface area contributed by atoms with Crippen LogP contribution < -0.4 is 16.4 Å². The highest BCUT2D eigenvalue weighted by Crippen LogP contribution is 2.38. The predicted molar refractivity (Wildman–Crippen MR) is 131 cm³/mol. The van der Waals surface area contributed by atoms with Gasteiger partial charge in [-0.1, -0.05) is 43.7 Å². The number of nitrogens with one attached hydrogen (secondary N) is 2. The summed E-state index contributed by atoms with van der Waals surface area (Å²) in [6, 6.07) is 12.3. The minimum atomic E-state index is -1.04. The van der Waals surface area contributed by atoms with E-state index in [0.717, 1.165) is 29.2 Å². The maximum absolute atomic E-state index is 12.5. The zero-order valence-electron chi connectivity index (χ0n) is 20.1. The van der Waals surface area contributed by atoms with E-state index < -0.39 is 17.3 Å². The summed E-state index contributed by atoms with van der Waals surface area (Å²) >= 11 is 0. The molecule has 186 valence electrons. The van der Waals surface area contributed by atoms with Crippen LogP contribution in [0.1, 0.15) is 63.9 Å². The fourth-order valence-corrected chi connectivity index (χ4v) is 5.02. The van der Waals surface area contributed by atoms with Crippen LogP contribution in [-0.2, 0) is 11.3 Å². The third-order valence-corrected chi connectivity index (χ3v) is 7.05. The number of carbonyl (C=O) groups excluding carboxylic acids is 1. The van der Waals surface area contributed by atoms with Crippen molar-refractivity contribution in [3.8, 4) is 0 Å². The Morgan fingerprint density at radius 2 is 1.88 bits per heavy atom. The van der Waals surface area contributed by atoms with Gasteiger partial charge < -0.3 is 15.5 Å². The second kappa shape index (κ2) is 11.6. The molecule has 3 rings (SSSR count). The molecule has 0 unspecified atom stereocenters. The number of hydrogen-bond donors (Lipinski definition) is 4. The first-order valence-electron chi connectivity index (χ1n) is 12.2. The average molecular weight is 472 g/mol. The Morgan fingerprint density at radius 1 is 1.15 bits per heavy atom. The van der Waals surface area contributed by atoms with E-state index in [2.05, 4.69) is 17.3 Å². The van der Waals surface area contributed by atoms with Gasteiger partial charge in [0.05, 0.1) is 18.2 Å². The highest BCUT2D eigenvalue weighted by Gasteiger charge is 2.36. The van der Waals surface area contributed by atoms with Crippen molar-refractivity contribution in [3.05, 3.63) is 68.7 Å². The SMILES string of the molecule is C[C@@H]1CC[C@@H](CNC(=O)CCn2[nH]c(=O)ccc2=O)[C@](C)(O)C[C@H](c2ccccc2)C[C@@H](O)C1. The van der Waals surface area contributed by atoms with E-state index in [1.165, 1.54) is 6.07 Å². The van der Waals surface area contributed by atoms with Crippen LogP contribution in [-0.4, -0.2) is 44.2 Å². The number of rotatable bonds is 6. The normalized spacial score (nSPS) is 28.2. The third-order valence-electron chi connectivity index (χ3n) is 7.05. The van der Waals surface area contributed by atoms with Gasteiger partial charge in [-0.3, -0.25) is 19.5 Å². The predicted octanol–water partition coefficient (Wildman–Crippen LogP) is 2.15. The third kappa shape index (κ3) is 7.40. The van der Waals surface area contributed by atoms with Crippen molar-refractivity contribution < 1.29 is 15.0 Å². The van der Waals surface area contributed by atoms with E-state index in [9.17, 15) is 24.6 Å². The van der Waals surface area contributed by atoms with Crippen LogP contribution in [0.25, 0.3) is 0 Å². The summed E-state index contributed by atoms with van der Waals surface area (Å²) in [5.41, 5.74) is -0.706. The molecule has 5 atom stereocenters. The summed E-state index contributed by atoms with van der Waals surface area (Å²) in [6.07, 6.45) is 3.01. The quantitative estimate of drug-likeness (QED) is 0.514. The Morgan fingerprint density at radius 3 is 2.62 bits per heavy atom. The molecule has 0 aliphatic heterocycles. The molecule has 2 aromatic rings. The van der Waals surface area contributed by atoms with E-state index >= 15 is 0 Å². The number of aliphatic hydroxyl groups excluding tert-OH is 1. The lowest BCUT2D eigenvalue weighted by atomic mass is 9.73. The first-order valence-corrected chi connectivity index (χ1v) is 12.2. The van der Waals surface area contributed by atoms with Crippen LogP contribution in [0.4, 0.5) is 0 Å². The maximum Gasteiger partial charge on any atom is 0.265 e. The summed E-state index contributed by atoms with van der Waals surface area (Å²) in [5.74, 6) is -0.0797. The minimum absolute atomic E-state index is 0.0106. The monoisotopic (exact) mass is 471 g/mol. The zero-order chi connectivity index (χ0) is 24.7. The van der Waals surface area contributed by atoms with Gasteiger partial charge in [0.15, 0.2) is 0 Å². The van der Waals surface area contributed by atoms with Gasteiger partial charge >= 0.3 is 0 Å². The molecule has 4 N–H and O–H groups in total. The molecule has 1 fully saturated rings. The van der Waals surface area contributed by atoms with Gasteiger partial charge in [-0.2, -0.15) is 0 Å². The van der Waals surface area contributed by atoms with Crippen molar-refractivity contribution in [2.75, 3.05) is 6.54 Å². The van der Waals surface area contributed by atoms with E-state index in [1.54, 1.807) is 0 Å². The molecule has 1 aromatic carbocycles. The number of carbonyl (C=O) groups is 1. The molecule has 1 amide bonds. The van der Waals surface area contributed by atoms with Gasteiger partial charge in [-0.05, 0) is 50.0 Å². The smallest absolute Gasteiger partial charge is 0.265 e. The first-order chi connectivity index (χ1) is 16.1. The van der Waals surface area contributed by atoms with Crippen molar-refractivity contribution in [3.63, 3.8) is 0 Å². The molecular formula is C26H37N3O5. The molecule has 1 aliphatic rings. The van der Waals surface area contributed by atoms with E-state index in [0.29, 0.717) is 31.7 Å². The van der Waals surface area contributed by atoms with Crippen LogP contribution in [0.3, 0.4) is 0 Å². The van der Waals surface area contributed by atoms with Crippen molar-refractivity contribution in [2.24, 2.45) is 11.8 Å². The molecule has 8 nitrogen and oxygen atoms in total. The summed E-state index contributed by atoms with van der Waals surface area (Å²) in [7, 11) is 0. The van der Waals surface area contributed by atoms with Crippen LogP contribution in [0, 0.1) is 11.8 Å². The first kappa shape index (κ1) is 25.9. The zero-order valence-corrected chi connectivity index (χ0v) is 20.1. The number of nitrogens with zero attached hydrogens (tertiary/aromatic N) is 1. The molecule has 1 aliphatic carbocycles. The average Bonchev–Trinajstić information content (AvgIpc) is 2.78. The Hall–Kier alpha value is -2.71. The summed E-state index contributed by atoms with van der Waals surface area (Å²) in [6.45, 7) is 4.34. The fourth-order valence-electron chi connectivity index (χ4n) is 5.02. The number of benzene rings is 1. The number of aliphatic hydroxyl groups is 2. The molecule has 0 spiro atoms. The molecule has 8 heteroatoms. The number of aromatic amines is 1. The Balaban J connectivity index is 1.67. The van der Waals surface area contributed by atoms with E-state index in [4.69, 9.17) is 0 Å². The van der Waals surface area contributed by atoms with Crippen molar-refractivity contribution >= 4 is 5.91 Å². The van der Waals surface area contributed by atoms with Gasteiger partial charge in [0.2, 0.25) is 5.91 Å². The van der Waals surface area contributed by atoms with Gasteiger partial charge in [-0.25, -0.2) is 4.68 Å². The number of aromatic nitrogens is 2. The highest BCUT2D eigenvalue weighted by atomic mass is 16.3. The standard InChI is InChI=1S/C26H37N3O5/c1-18-8-9-21(17-27-23(31)12-13-29-25(33)11-10-24(32)28-29)26(2,34)16-20(15-22(30)14-18)19-6-4-3-5-7-19/h3-7,10-11,18,20-22,30,34H,8-9,12-17H2,1-2H3,(H,27,31)(H,28,32)/t18-,20-,21+,22+,26-/m1/s1. The van der Waals surface area contributed by atoms with Gasteiger partial charge in [0, 0.05) is 31.0 Å². The number of aryl methyl sites for hydroxylation is 1. The van der Waals surface area contributed by atoms with E-state index in [1.807, 2.05) is 37.3 Å². The lowest BCUT2D eigenvalue weighted by Crippen LogP contribution is -2.44. The summed E-state index contributed by atoms with van der Waals surface area (Å²) in [4.78, 5) is 35.7.